The van der Waals surface area contributed by atoms with E-state index in [0.717, 1.165) is 32.5 Å². The Hall–Kier alpha value is -0.610. The molecule has 2 atom stereocenters. The van der Waals surface area contributed by atoms with Gasteiger partial charge in [-0.15, -0.1) is 0 Å². The van der Waals surface area contributed by atoms with E-state index in [9.17, 15) is 4.79 Å². The number of carbonyl (C=O) groups excluding carboxylic acids is 1. The number of nitrogens with zero attached hydrogens (tertiary/aromatic N) is 1. The molecule has 1 aliphatic heterocycles. The lowest BCUT2D eigenvalue weighted by atomic mass is 9.96. The molecular weight excluding hydrogens is 204 g/mol. The topological polar surface area (TPSA) is 55.6 Å². The van der Waals surface area contributed by atoms with E-state index >= 15 is 0 Å². The minimum absolute atomic E-state index is 0.0933. The second kappa shape index (κ2) is 6.21. The van der Waals surface area contributed by atoms with Crippen molar-refractivity contribution in [3.8, 4) is 0 Å². The van der Waals surface area contributed by atoms with Crippen molar-refractivity contribution in [2.75, 3.05) is 26.8 Å². The number of ether oxygens (including phenoxy) is 1. The summed E-state index contributed by atoms with van der Waals surface area (Å²) in [5.41, 5.74) is 5.89. The second-order valence-electron chi connectivity index (χ2n) is 5.02. The Morgan fingerprint density at radius 2 is 2.25 bits per heavy atom. The lowest BCUT2D eigenvalue weighted by molar-refractivity contribution is -0.135. The molecule has 1 fully saturated rings. The number of hydrogen-bond donors (Lipinski definition) is 1. The van der Waals surface area contributed by atoms with E-state index in [1.54, 1.807) is 7.11 Å². The SMILES string of the molecule is COC[C@H]1CCCN(C(=O)[C@@H](N)C(C)C)C1. The van der Waals surface area contributed by atoms with Crippen LogP contribution in [0.3, 0.4) is 0 Å². The Bertz CT molecular complexity index is 229. The number of likely N-dealkylation sites (tertiary alicyclic amines) is 1. The van der Waals surface area contributed by atoms with Gasteiger partial charge in [0.15, 0.2) is 0 Å². The maximum absolute atomic E-state index is 12.0. The molecule has 4 nitrogen and oxygen atoms in total. The molecule has 4 heteroatoms. The molecule has 0 aromatic rings. The zero-order chi connectivity index (χ0) is 12.1. The molecule has 2 N–H and O–H groups in total. The highest BCUT2D eigenvalue weighted by Gasteiger charge is 2.28. The third kappa shape index (κ3) is 3.46. The van der Waals surface area contributed by atoms with E-state index in [1.165, 1.54) is 0 Å². The Kier molecular flexibility index (Phi) is 5.22. The molecule has 0 saturated carbocycles. The van der Waals surface area contributed by atoms with Gasteiger partial charge in [-0.2, -0.15) is 0 Å². The average molecular weight is 228 g/mol. The second-order valence-corrected chi connectivity index (χ2v) is 5.02. The Balaban J connectivity index is 2.49. The largest absolute Gasteiger partial charge is 0.384 e. The van der Waals surface area contributed by atoms with E-state index < -0.39 is 0 Å². The molecule has 0 bridgehead atoms. The molecule has 0 aromatic heterocycles. The first kappa shape index (κ1) is 13.5. The molecule has 1 amide bonds. The molecule has 1 heterocycles. The summed E-state index contributed by atoms with van der Waals surface area (Å²) >= 11 is 0. The summed E-state index contributed by atoms with van der Waals surface area (Å²) in [6.45, 7) is 6.35. The van der Waals surface area contributed by atoms with Crippen LogP contribution in [0.2, 0.25) is 0 Å². The summed E-state index contributed by atoms with van der Waals surface area (Å²) in [6, 6.07) is -0.360. The minimum atomic E-state index is -0.360. The predicted molar refractivity (Wildman–Crippen MR) is 64.0 cm³/mol. The van der Waals surface area contributed by atoms with E-state index in [1.807, 2.05) is 18.7 Å². The van der Waals surface area contributed by atoms with E-state index in [4.69, 9.17) is 10.5 Å². The third-order valence-electron chi connectivity index (χ3n) is 3.24. The van der Waals surface area contributed by atoms with Crippen molar-refractivity contribution in [2.45, 2.75) is 32.7 Å². The van der Waals surface area contributed by atoms with E-state index in [-0.39, 0.29) is 17.9 Å². The maximum Gasteiger partial charge on any atom is 0.239 e. The molecular formula is C12H24N2O2. The van der Waals surface area contributed by atoms with Gasteiger partial charge in [0.2, 0.25) is 5.91 Å². The van der Waals surface area contributed by atoms with Gasteiger partial charge >= 0.3 is 0 Å². The van der Waals surface area contributed by atoms with Gasteiger partial charge < -0.3 is 15.4 Å². The number of amides is 1. The lowest BCUT2D eigenvalue weighted by Gasteiger charge is -2.34. The molecule has 0 radical (unpaired) electrons. The van der Waals surface area contributed by atoms with Gasteiger partial charge in [0.1, 0.15) is 0 Å². The summed E-state index contributed by atoms with van der Waals surface area (Å²) in [6.07, 6.45) is 2.21. The average Bonchev–Trinajstić information content (AvgIpc) is 2.28. The Morgan fingerprint density at radius 1 is 1.56 bits per heavy atom. The molecule has 0 aromatic carbocycles. The van der Waals surface area contributed by atoms with Crippen molar-refractivity contribution in [3.05, 3.63) is 0 Å². The summed E-state index contributed by atoms with van der Waals surface area (Å²) < 4.78 is 5.15. The van der Waals surface area contributed by atoms with Gasteiger partial charge in [0.05, 0.1) is 12.6 Å². The third-order valence-corrected chi connectivity index (χ3v) is 3.24. The maximum atomic E-state index is 12.0. The smallest absolute Gasteiger partial charge is 0.239 e. The van der Waals surface area contributed by atoms with Crippen LogP contribution < -0.4 is 5.73 Å². The van der Waals surface area contributed by atoms with Gasteiger partial charge in [0.25, 0.3) is 0 Å². The molecule has 16 heavy (non-hydrogen) atoms. The van der Waals surface area contributed by atoms with Crippen molar-refractivity contribution in [2.24, 2.45) is 17.6 Å². The number of hydrogen-bond acceptors (Lipinski definition) is 3. The zero-order valence-corrected chi connectivity index (χ0v) is 10.6. The summed E-state index contributed by atoms with van der Waals surface area (Å²) in [5.74, 6) is 0.771. The highest BCUT2D eigenvalue weighted by molar-refractivity contribution is 5.82. The normalized spacial score (nSPS) is 23.6. The van der Waals surface area contributed by atoms with Crippen LogP contribution in [-0.2, 0) is 9.53 Å². The minimum Gasteiger partial charge on any atom is -0.384 e. The van der Waals surface area contributed by atoms with Crippen LogP contribution in [-0.4, -0.2) is 43.7 Å². The van der Waals surface area contributed by atoms with Crippen LogP contribution in [0.25, 0.3) is 0 Å². The molecule has 1 saturated heterocycles. The fourth-order valence-corrected chi connectivity index (χ4v) is 2.13. The quantitative estimate of drug-likeness (QED) is 0.776. The van der Waals surface area contributed by atoms with Gasteiger partial charge in [-0.3, -0.25) is 4.79 Å². The number of rotatable bonds is 4. The molecule has 94 valence electrons. The molecule has 0 unspecified atom stereocenters. The summed E-state index contributed by atoms with van der Waals surface area (Å²) in [4.78, 5) is 14.0. The van der Waals surface area contributed by atoms with Crippen molar-refractivity contribution in [1.82, 2.24) is 4.90 Å². The Morgan fingerprint density at radius 3 is 2.81 bits per heavy atom. The van der Waals surface area contributed by atoms with Crippen molar-refractivity contribution < 1.29 is 9.53 Å². The van der Waals surface area contributed by atoms with Crippen molar-refractivity contribution in [1.29, 1.82) is 0 Å². The van der Waals surface area contributed by atoms with Gasteiger partial charge in [0, 0.05) is 20.2 Å². The van der Waals surface area contributed by atoms with Crippen molar-refractivity contribution in [3.63, 3.8) is 0 Å². The highest BCUT2D eigenvalue weighted by atomic mass is 16.5. The fraction of sp³-hybridized carbons (Fsp3) is 0.917. The first-order valence-electron chi connectivity index (χ1n) is 6.09. The van der Waals surface area contributed by atoms with Crippen LogP contribution in [0.1, 0.15) is 26.7 Å². The van der Waals surface area contributed by atoms with Gasteiger partial charge in [-0.25, -0.2) is 0 Å². The fourth-order valence-electron chi connectivity index (χ4n) is 2.13. The first-order chi connectivity index (χ1) is 7.56. The van der Waals surface area contributed by atoms with Crippen LogP contribution in [0, 0.1) is 11.8 Å². The van der Waals surface area contributed by atoms with E-state index in [0.29, 0.717) is 5.92 Å². The van der Waals surface area contributed by atoms with Crippen LogP contribution in [0.4, 0.5) is 0 Å². The van der Waals surface area contributed by atoms with E-state index in [2.05, 4.69) is 0 Å². The van der Waals surface area contributed by atoms with Crippen LogP contribution in [0.15, 0.2) is 0 Å². The number of carbonyl (C=O) groups is 1. The van der Waals surface area contributed by atoms with Gasteiger partial charge in [-0.05, 0) is 24.7 Å². The number of piperidine rings is 1. The summed E-state index contributed by atoms with van der Waals surface area (Å²) in [7, 11) is 1.71. The predicted octanol–water partition coefficient (Wildman–Crippen LogP) is 0.855. The monoisotopic (exact) mass is 228 g/mol. The zero-order valence-electron chi connectivity index (χ0n) is 10.6. The molecule has 0 aliphatic carbocycles. The van der Waals surface area contributed by atoms with Crippen LogP contribution in [0.5, 0.6) is 0 Å². The molecule has 1 aliphatic rings. The highest BCUT2D eigenvalue weighted by Crippen LogP contribution is 2.18. The molecule has 0 spiro atoms. The standard InChI is InChI=1S/C12H24N2O2/c1-9(2)11(13)12(15)14-6-4-5-10(7-14)8-16-3/h9-11H,4-8,13H2,1-3H3/t10-,11-/m0/s1. The molecule has 1 rings (SSSR count). The number of methoxy groups -OCH3 is 1. The number of nitrogens with two attached hydrogens (primary N) is 1. The Labute approximate surface area is 98.1 Å². The van der Waals surface area contributed by atoms with Crippen molar-refractivity contribution >= 4 is 5.91 Å². The van der Waals surface area contributed by atoms with Gasteiger partial charge in [-0.1, -0.05) is 13.8 Å². The first-order valence-corrected chi connectivity index (χ1v) is 6.09. The summed E-state index contributed by atoms with van der Waals surface area (Å²) in [5, 5.41) is 0. The lowest BCUT2D eigenvalue weighted by Crippen LogP contribution is -2.50. The van der Waals surface area contributed by atoms with Crippen LogP contribution >= 0.6 is 0 Å².